The Hall–Kier alpha value is -1.50. The summed E-state index contributed by atoms with van der Waals surface area (Å²) in [6, 6.07) is 4.12. The van der Waals surface area contributed by atoms with Crippen LogP contribution < -0.4 is 0 Å². The van der Waals surface area contributed by atoms with E-state index in [2.05, 4.69) is 16.0 Å². The number of carbonyl (C=O) groups is 1. The highest BCUT2D eigenvalue weighted by Crippen LogP contribution is 2.36. The molecule has 1 aromatic rings. The number of pyridine rings is 1. The Labute approximate surface area is 156 Å². The number of nitrogens with zero attached hydrogens (tertiary/aromatic N) is 3. The Kier molecular flexibility index (Phi) is 7.00. The fourth-order valence-electron chi connectivity index (χ4n) is 4.23. The topological polar surface area (TPSA) is 54.9 Å². The second-order valence-electron chi connectivity index (χ2n) is 7.35. The van der Waals surface area contributed by atoms with Crippen molar-refractivity contribution in [1.29, 1.82) is 0 Å². The first kappa shape index (κ1) is 19.3. The summed E-state index contributed by atoms with van der Waals surface area (Å²) in [6.45, 7) is 7.81. The summed E-state index contributed by atoms with van der Waals surface area (Å²) < 4.78 is 11.2. The van der Waals surface area contributed by atoms with Gasteiger partial charge >= 0.3 is 0 Å². The van der Waals surface area contributed by atoms with Crippen LogP contribution in [0.25, 0.3) is 0 Å². The monoisotopic (exact) mass is 361 g/mol. The van der Waals surface area contributed by atoms with E-state index in [4.69, 9.17) is 9.47 Å². The van der Waals surface area contributed by atoms with Gasteiger partial charge in [0.05, 0.1) is 25.7 Å². The van der Waals surface area contributed by atoms with Gasteiger partial charge in [-0.25, -0.2) is 0 Å². The van der Waals surface area contributed by atoms with Crippen LogP contribution in [-0.2, 0) is 20.8 Å². The number of aromatic nitrogens is 1. The number of methoxy groups -OCH3 is 1. The highest BCUT2D eigenvalue weighted by Gasteiger charge is 2.41. The molecule has 3 rings (SSSR count). The second kappa shape index (κ2) is 9.44. The average molecular weight is 361 g/mol. The molecule has 2 aliphatic heterocycles. The van der Waals surface area contributed by atoms with Crippen LogP contribution in [0.5, 0.6) is 0 Å². The van der Waals surface area contributed by atoms with Gasteiger partial charge in [0.25, 0.3) is 0 Å². The summed E-state index contributed by atoms with van der Waals surface area (Å²) in [4.78, 5) is 21.2. The normalized spacial score (nSPS) is 25.8. The maximum absolute atomic E-state index is 12.6. The third kappa shape index (κ3) is 4.81. The number of likely N-dealkylation sites (N-methyl/N-ethyl adjacent to an activating group) is 1. The number of hydrogen-bond acceptors (Lipinski definition) is 5. The van der Waals surface area contributed by atoms with Gasteiger partial charge in [-0.15, -0.1) is 0 Å². The van der Waals surface area contributed by atoms with Crippen LogP contribution in [0, 0.1) is 11.8 Å². The molecule has 6 nitrogen and oxygen atoms in total. The SMILES string of the molecule is CCN(CCOC)C(=O)C[C@@H]1OC[C@H]2CN(Cc3cccnc3)CC[C@H]21. The molecule has 0 N–H and O–H groups in total. The Bertz CT molecular complexity index is 569. The largest absolute Gasteiger partial charge is 0.383 e. The van der Waals surface area contributed by atoms with Gasteiger partial charge in [-0.05, 0) is 37.4 Å². The number of rotatable bonds is 8. The van der Waals surface area contributed by atoms with Crippen molar-refractivity contribution in [2.75, 3.05) is 46.5 Å². The molecule has 26 heavy (non-hydrogen) atoms. The Morgan fingerprint density at radius 2 is 2.38 bits per heavy atom. The lowest BCUT2D eigenvalue weighted by Crippen LogP contribution is -2.42. The van der Waals surface area contributed by atoms with Gasteiger partial charge in [-0.2, -0.15) is 0 Å². The van der Waals surface area contributed by atoms with E-state index in [0.29, 0.717) is 31.4 Å². The summed E-state index contributed by atoms with van der Waals surface area (Å²) in [5, 5.41) is 0. The van der Waals surface area contributed by atoms with E-state index in [1.165, 1.54) is 5.56 Å². The Morgan fingerprint density at radius 1 is 1.50 bits per heavy atom. The van der Waals surface area contributed by atoms with Gasteiger partial charge in [-0.1, -0.05) is 6.07 Å². The van der Waals surface area contributed by atoms with Gasteiger partial charge in [0.2, 0.25) is 5.91 Å². The Balaban J connectivity index is 1.50. The van der Waals surface area contributed by atoms with Crippen LogP contribution in [-0.4, -0.2) is 73.3 Å². The van der Waals surface area contributed by atoms with Crippen LogP contribution in [0.1, 0.15) is 25.3 Å². The molecule has 144 valence electrons. The maximum Gasteiger partial charge on any atom is 0.225 e. The average Bonchev–Trinajstić information content (AvgIpc) is 3.05. The summed E-state index contributed by atoms with van der Waals surface area (Å²) >= 11 is 0. The highest BCUT2D eigenvalue weighted by molar-refractivity contribution is 5.76. The standard InChI is InChI=1S/C20H31N3O3/c1-3-23(9-10-25-2)20(24)11-19-18-6-8-22(14-17(18)15-26-19)13-16-5-4-7-21-12-16/h4-5,7,12,17-19H,3,6,8-11,13-15H2,1-2H3/t17-,18-,19+/m1/s1. The van der Waals surface area contributed by atoms with Crippen LogP contribution in [0.2, 0.25) is 0 Å². The second-order valence-corrected chi connectivity index (χ2v) is 7.35. The van der Waals surface area contributed by atoms with Crippen molar-refractivity contribution in [1.82, 2.24) is 14.8 Å². The molecule has 0 saturated carbocycles. The molecular weight excluding hydrogens is 330 g/mol. The lowest BCUT2D eigenvalue weighted by molar-refractivity contribution is -0.134. The van der Waals surface area contributed by atoms with E-state index in [0.717, 1.165) is 39.2 Å². The smallest absolute Gasteiger partial charge is 0.225 e. The molecule has 0 aliphatic carbocycles. The zero-order valence-corrected chi connectivity index (χ0v) is 16.0. The minimum atomic E-state index is 0.0737. The van der Waals surface area contributed by atoms with Crippen molar-refractivity contribution in [2.45, 2.75) is 32.4 Å². The predicted octanol–water partition coefficient (Wildman–Crippen LogP) is 1.80. The van der Waals surface area contributed by atoms with E-state index in [1.54, 1.807) is 7.11 Å². The lowest BCUT2D eigenvalue weighted by Gasteiger charge is -2.35. The van der Waals surface area contributed by atoms with E-state index in [-0.39, 0.29) is 12.0 Å². The number of carbonyl (C=O) groups excluding carboxylic acids is 1. The van der Waals surface area contributed by atoms with Crippen LogP contribution in [0.3, 0.4) is 0 Å². The van der Waals surface area contributed by atoms with Gasteiger partial charge < -0.3 is 14.4 Å². The zero-order valence-electron chi connectivity index (χ0n) is 16.0. The molecule has 2 fully saturated rings. The van der Waals surface area contributed by atoms with Gasteiger partial charge in [0, 0.05) is 51.6 Å². The molecular formula is C20H31N3O3. The molecule has 0 radical (unpaired) electrons. The van der Waals surface area contributed by atoms with Crippen molar-refractivity contribution in [3.63, 3.8) is 0 Å². The molecule has 1 aromatic heterocycles. The molecule has 3 heterocycles. The molecule has 1 amide bonds. The van der Waals surface area contributed by atoms with Gasteiger partial charge in [0.15, 0.2) is 0 Å². The van der Waals surface area contributed by atoms with Crippen molar-refractivity contribution in [3.05, 3.63) is 30.1 Å². The van der Waals surface area contributed by atoms with Crippen LogP contribution in [0.15, 0.2) is 24.5 Å². The molecule has 0 unspecified atom stereocenters. The minimum Gasteiger partial charge on any atom is -0.383 e. The van der Waals surface area contributed by atoms with E-state index in [9.17, 15) is 4.79 Å². The minimum absolute atomic E-state index is 0.0737. The van der Waals surface area contributed by atoms with Crippen LogP contribution >= 0.6 is 0 Å². The van der Waals surface area contributed by atoms with E-state index in [1.807, 2.05) is 30.3 Å². The van der Waals surface area contributed by atoms with Crippen molar-refractivity contribution in [2.24, 2.45) is 11.8 Å². The van der Waals surface area contributed by atoms with Crippen LogP contribution in [0.4, 0.5) is 0 Å². The first-order valence-electron chi connectivity index (χ1n) is 9.70. The molecule has 3 atom stereocenters. The van der Waals surface area contributed by atoms with Crippen molar-refractivity contribution < 1.29 is 14.3 Å². The first-order chi connectivity index (χ1) is 12.7. The van der Waals surface area contributed by atoms with Crippen molar-refractivity contribution >= 4 is 5.91 Å². The Morgan fingerprint density at radius 3 is 3.12 bits per heavy atom. The fraction of sp³-hybridized carbons (Fsp3) is 0.700. The summed E-state index contributed by atoms with van der Waals surface area (Å²) in [6.07, 6.45) is 5.44. The fourth-order valence-corrected chi connectivity index (χ4v) is 4.23. The molecule has 0 spiro atoms. The first-order valence-corrected chi connectivity index (χ1v) is 9.70. The molecule has 2 saturated heterocycles. The number of ether oxygens (including phenoxy) is 2. The number of amides is 1. The number of likely N-dealkylation sites (tertiary alicyclic amines) is 1. The summed E-state index contributed by atoms with van der Waals surface area (Å²) in [7, 11) is 1.67. The highest BCUT2D eigenvalue weighted by atomic mass is 16.5. The van der Waals surface area contributed by atoms with Gasteiger partial charge in [0.1, 0.15) is 0 Å². The molecule has 2 aliphatic rings. The summed E-state index contributed by atoms with van der Waals surface area (Å²) in [5.74, 6) is 1.23. The number of piperidine rings is 1. The maximum atomic E-state index is 12.6. The third-order valence-electron chi connectivity index (χ3n) is 5.68. The number of fused-ring (bicyclic) bond motifs is 1. The third-order valence-corrected chi connectivity index (χ3v) is 5.68. The number of hydrogen-bond donors (Lipinski definition) is 0. The lowest BCUT2D eigenvalue weighted by atomic mass is 9.83. The molecule has 0 bridgehead atoms. The zero-order chi connectivity index (χ0) is 18.4. The molecule has 6 heteroatoms. The van der Waals surface area contributed by atoms with E-state index >= 15 is 0 Å². The molecule has 0 aromatic carbocycles. The predicted molar refractivity (Wildman–Crippen MR) is 99.6 cm³/mol. The summed E-state index contributed by atoms with van der Waals surface area (Å²) in [5.41, 5.74) is 1.26. The van der Waals surface area contributed by atoms with Gasteiger partial charge in [-0.3, -0.25) is 14.7 Å². The van der Waals surface area contributed by atoms with E-state index < -0.39 is 0 Å². The quantitative estimate of drug-likeness (QED) is 0.707. The van der Waals surface area contributed by atoms with Crippen molar-refractivity contribution in [3.8, 4) is 0 Å².